The van der Waals surface area contributed by atoms with Gasteiger partial charge in [-0.25, -0.2) is 29.9 Å². The lowest BCUT2D eigenvalue weighted by Gasteiger charge is -2.05. The highest BCUT2D eigenvalue weighted by molar-refractivity contribution is 6.06. The maximum Gasteiger partial charge on any atom is 0.256 e. The largest absolute Gasteiger partial charge is 0.497 e. The number of hydrogen-bond acceptors (Lipinski definition) is 9. The van der Waals surface area contributed by atoms with E-state index in [2.05, 4.69) is 45.2 Å². The number of nitrogens with one attached hydrogen (secondary N) is 3. The molecule has 0 atom stereocenters. The minimum absolute atomic E-state index is 0.262. The van der Waals surface area contributed by atoms with Crippen molar-refractivity contribution in [3.8, 4) is 5.75 Å². The Hall–Kier alpha value is -4.61. The van der Waals surface area contributed by atoms with Gasteiger partial charge in [0.2, 0.25) is 0 Å². The van der Waals surface area contributed by atoms with Crippen molar-refractivity contribution >= 4 is 39.9 Å². The Labute approximate surface area is 169 Å². The minimum atomic E-state index is -0.262. The smallest absolute Gasteiger partial charge is 0.256 e. The minimum Gasteiger partial charge on any atom is -0.497 e. The summed E-state index contributed by atoms with van der Waals surface area (Å²) in [5.74, 6) is 1.26. The molecule has 0 unspecified atom stereocenters. The van der Waals surface area contributed by atoms with Crippen LogP contribution in [-0.4, -0.2) is 52.9 Å². The van der Waals surface area contributed by atoms with Crippen LogP contribution in [0.1, 0.15) is 10.4 Å². The Morgan fingerprint density at radius 1 is 0.900 bits per heavy atom. The number of nitrogens with two attached hydrogens (primary N) is 1. The number of fused-ring (bicyclic) bond motifs is 2. The maximum absolute atomic E-state index is 12.1. The highest BCUT2D eigenvalue weighted by Crippen LogP contribution is 2.17. The number of nitrogen functional groups attached to an aromatic ring is 1. The van der Waals surface area contributed by atoms with Gasteiger partial charge >= 0.3 is 0 Å². The molecule has 0 saturated heterocycles. The normalized spacial score (nSPS) is 10.4. The van der Waals surface area contributed by atoms with Gasteiger partial charge in [0.15, 0.2) is 22.9 Å². The van der Waals surface area contributed by atoms with Crippen molar-refractivity contribution in [2.45, 2.75) is 0 Å². The van der Waals surface area contributed by atoms with E-state index in [1.54, 1.807) is 31.4 Å². The van der Waals surface area contributed by atoms with Gasteiger partial charge in [-0.05, 0) is 24.3 Å². The highest BCUT2D eigenvalue weighted by atomic mass is 16.5. The van der Waals surface area contributed by atoms with Crippen LogP contribution in [0, 0.1) is 0 Å². The third kappa shape index (κ3) is 3.82. The molecule has 0 bridgehead atoms. The van der Waals surface area contributed by atoms with E-state index in [-0.39, 0.29) is 5.91 Å². The van der Waals surface area contributed by atoms with Gasteiger partial charge in [0, 0.05) is 5.56 Å². The standard InChI is InChI=1S/C13H11N5O2.C5H5N5/c1-20-9-4-2-8(3-5-9)13(19)18-12-10-11(15-6-14-10)16-7-17-12;6-4-3-5(9-1-7-3)10-2-8-4/h2-7H,1H3,(H2,14,15,16,17,18,19);1-2H,(H3,6,7,8,9,10). The number of ether oxygens (including phenoxy) is 1. The van der Waals surface area contributed by atoms with Crippen LogP contribution in [0.25, 0.3) is 22.3 Å². The van der Waals surface area contributed by atoms with Crippen molar-refractivity contribution in [1.29, 1.82) is 0 Å². The molecule has 0 fully saturated rings. The number of H-pyrrole nitrogens is 2. The topological polar surface area (TPSA) is 173 Å². The molecule has 0 spiro atoms. The summed E-state index contributed by atoms with van der Waals surface area (Å²) in [5, 5.41) is 2.72. The van der Waals surface area contributed by atoms with Crippen LogP contribution in [0.2, 0.25) is 0 Å². The number of imidazole rings is 2. The first-order valence-corrected chi connectivity index (χ1v) is 8.64. The first-order chi connectivity index (χ1) is 14.7. The van der Waals surface area contributed by atoms with Crippen LogP contribution >= 0.6 is 0 Å². The van der Waals surface area contributed by atoms with Crippen LogP contribution in [-0.2, 0) is 0 Å². The molecular formula is C18H16N10O2. The molecule has 0 aliphatic carbocycles. The van der Waals surface area contributed by atoms with Crippen molar-refractivity contribution < 1.29 is 9.53 Å². The van der Waals surface area contributed by atoms with E-state index in [0.717, 1.165) is 0 Å². The van der Waals surface area contributed by atoms with Crippen LogP contribution in [0.15, 0.2) is 49.6 Å². The third-order valence-corrected chi connectivity index (χ3v) is 4.06. The molecule has 1 amide bonds. The number of nitrogens with zero attached hydrogens (tertiary/aromatic N) is 6. The van der Waals surface area contributed by atoms with Crippen LogP contribution in [0.4, 0.5) is 11.6 Å². The van der Waals surface area contributed by atoms with Gasteiger partial charge in [-0.15, -0.1) is 0 Å². The van der Waals surface area contributed by atoms with Gasteiger partial charge in [0.05, 0.1) is 19.8 Å². The first-order valence-electron chi connectivity index (χ1n) is 8.64. The molecule has 30 heavy (non-hydrogen) atoms. The van der Waals surface area contributed by atoms with E-state index < -0.39 is 0 Å². The summed E-state index contributed by atoms with van der Waals surface area (Å²) in [5.41, 5.74) is 8.39. The maximum atomic E-state index is 12.1. The van der Waals surface area contributed by atoms with Gasteiger partial charge in [0.25, 0.3) is 5.91 Å². The molecule has 5 aromatic rings. The highest BCUT2D eigenvalue weighted by Gasteiger charge is 2.11. The molecule has 12 nitrogen and oxygen atoms in total. The molecule has 0 saturated carbocycles. The van der Waals surface area contributed by atoms with Gasteiger partial charge in [0.1, 0.15) is 29.4 Å². The Morgan fingerprint density at radius 3 is 2.20 bits per heavy atom. The Morgan fingerprint density at radius 2 is 1.53 bits per heavy atom. The zero-order valence-electron chi connectivity index (χ0n) is 15.7. The molecule has 150 valence electrons. The number of aromatic amines is 2. The number of carbonyl (C=O) groups excluding carboxylic acids is 1. The van der Waals surface area contributed by atoms with E-state index in [1.807, 2.05) is 0 Å². The molecule has 5 N–H and O–H groups in total. The molecule has 4 heterocycles. The fraction of sp³-hybridized carbons (Fsp3) is 0.0556. The summed E-state index contributed by atoms with van der Waals surface area (Å²) in [6.07, 6.45) is 5.78. The van der Waals surface area contributed by atoms with E-state index in [4.69, 9.17) is 10.5 Å². The van der Waals surface area contributed by atoms with Crippen LogP contribution in [0.3, 0.4) is 0 Å². The first kappa shape index (κ1) is 18.7. The molecule has 12 heteroatoms. The van der Waals surface area contributed by atoms with Gasteiger partial charge in [-0.3, -0.25) is 4.79 Å². The number of amides is 1. The van der Waals surface area contributed by atoms with E-state index in [0.29, 0.717) is 45.3 Å². The summed E-state index contributed by atoms with van der Waals surface area (Å²) in [7, 11) is 1.57. The second-order valence-corrected chi connectivity index (χ2v) is 5.87. The lowest BCUT2D eigenvalue weighted by molar-refractivity contribution is 0.102. The quantitative estimate of drug-likeness (QED) is 0.348. The molecular weight excluding hydrogens is 388 g/mol. The van der Waals surface area contributed by atoms with Crippen molar-refractivity contribution in [1.82, 2.24) is 39.9 Å². The average Bonchev–Trinajstić information content (AvgIpc) is 3.45. The van der Waals surface area contributed by atoms with Gasteiger partial charge in [-0.1, -0.05) is 0 Å². The monoisotopic (exact) mass is 404 g/mol. The van der Waals surface area contributed by atoms with Gasteiger partial charge < -0.3 is 25.8 Å². The number of rotatable bonds is 3. The Kier molecular flexibility index (Phi) is 5.11. The van der Waals surface area contributed by atoms with Crippen LogP contribution < -0.4 is 15.8 Å². The summed E-state index contributed by atoms with van der Waals surface area (Å²) >= 11 is 0. The second kappa shape index (κ2) is 8.18. The average molecular weight is 404 g/mol. The summed E-state index contributed by atoms with van der Waals surface area (Å²) in [6, 6.07) is 6.81. The van der Waals surface area contributed by atoms with E-state index in [9.17, 15) is 4.79 Å². The summed E-state index contributed by atoms with van der Waals surface area (Å²) in [4.78, 5) is 41.4. The lowest BCUT2D eigenvalue weighted by atomic mass is 10.2. The predicted octanol–water partition coefficient (Wildman–Crippen LogP) is 1.55. The summed E-state index contributed by atoms with van der Waals surface area (Å²) < 4.78 is 5.05. The molecule has 0 radical (unpaired) electrons. The zero-order chi connectivity index (χ0) is 20.9. The molecule has 4 aromatic heterocycles. The second-order valence-electron chi connectivity index (χ2n) is 5.87. The zero-order valence-corrected chi connectivity index (χ0v) is 15.7. The fourth-order valence-corrected chi connectivity index (χ4v) is 2.57. The fourth-order valence-electron chi connectivity index (χ4n) is 2.57. The lowest BCUT2D eigenvalue weighted by Crippen LogP contribution is -2.13. The summed E-state index contributed by atoms with van der Waals surface area (Å²) in [6.45, 7) is 0. The Balaban J connectivity index is 0.000000181. The van der Waals surface area contributed by atoms with E-state index >= 15 is 0 Å². The number of methoxy groups -OCH3 is 1. The third-order valence-electron chi connectivity index (χ3n) is 4.06. The van der Waals surface area contributed by atoms with Crippen molar-refractivity contribution in [2.75, 3.05) is 18.2 Å². The number of aromatic nitrogens is 8. The van der Waals surface area contributed by atoms with Gasteiger partial charge in [-0.2, -0.15) is 0 Å². The molecule has 1 aromatic carbocycles. The Bertz CT molecular complexity index is 1300. The molecule has 5 rings (SSSR count). The van der Waals surface area contributed by atoms with Crippen molar-refractivity contribution in [2.24, 2.45) is 0 Å². The number of hydrogen-bond donors (Lipinski definition) is 4. The van der Waals surface area contributed by atoms with Crippen molar-refractivity contribution in [3.05, 3.63) is 55.1 Å². The predicted molar refractivity (Wildman–Crippen MR) is 109 cm³/mol. The SMILES string of the molecule is COc1ccc(C(=O)Nc2ncnc3nc[nH]c23)cc1.Nc1ncnc2nc[nH]c12. The molecule has 0 aliphatic heterocycles. The van der Waals surface area contributed by atoms with E-state index in [1.165, 1.54) is 25.3 Å². The van der Waals surface area contributed by atoms with Crippen LogP contribution in [0.5, 0.6) is 5.75 Å². The number of anilines is 2. The molecule has 0 aliphatic rings. The number of benzene rings is 1. The number of carbonyl (C=O) groups is 1. The van der Waals surface area contributed by atoms with Crippen molar-refractivity contribution in [3.63, 3.8) is 0 Å².